The van der Waals surface area contributed by atoms with Gasteiger partial charge in [-0.15, -0.1) is 0 Å². The summed E-state index contributed by atoms with van der Waals surface area (Å²) in [7, 11) is 1.54. The van der Waals surface area contributed by atoms with Gasteiger partial charge in [0, 0.05) is 12.6 Å². The Bertz CT molecular complexity index is 670. The van der Waals surface area contributed by atoms with E-state index in [0.29, 0.717) is 5.56 Å². The fourth-order valence-corrected chi connectivity index (χ4v) is 2.19. The second-order valence-corrected chi connectivity index (χ2v) is 5.10. The molecule has 0 saturated heterocycles. The number of benzene rings is 2. The molecule has 0 saturated carbocycles. The van der Waals surface area contributed by atoms with Crippen molar-refractivity contribution in [1.29, 1.82) is 0 Å². The first-order valence-electron chi connectivity index (χ1n) is 6.69. The SMILES string of the molecule is Cc1ccc(F)c(C(=O)N(C)C(C)c2ccccc2F)c1. The summed E-state index contributed by atoms with van der Waals surface area (Å²) < 4.78 is 27.6. The molecule has 0 aliphatic heterocycles. The van der Waals surface area contributed by atoms with Crippen molar-refractivity contribution in [2.24, 2.45) is 0 Å². The molecule has 2 nitrogen and oxygen atoms in total. The number of halogens is 2. The predicted octanol–water partition coefficient (Wildman–Crippen LogP) is 4.11. The Kier molecular flexibility index (Phi) is 4.36. The largest absolute Gasteiger partial charge is 0.335 e. The fraction of sp³-hybridized carbons (Fsp3) is 0.235. The minimum absolute atomic E-state index is 0.000638. The second-order valence-electron chi connectivity index (χ2n) is 5.10. The molecule has 0 bridgehead atoms. The van der Waals surface area contributed by atoms with Gasteiger partial charge in [-0.05, 0) is 32.0 Å². The van der Waals surface area contributed by atoms with Gasteiger partial charge < -0.3 is 4.90 Å². The molecule has 0 radical (unpaired) electrons. The predicted molar refractivity (Wildman–Crippen MR) is 78.0 cm³/mol. The summed E-state index contributed by atoms with van der Waals surface area (Å²) in [6, 6.07) is 10.2. The quantitative estimate of drug-likeness (QED) is 0.833. The number of rotatable bonds is 3. The highest BCUT2D eigenvalue weighted by atomic mass is 19.1. The lowest BCUT2D eigenvalue weighted by atomic mass is 10.0. The van der Waals surface area contributed by atoms with Gasteiger partial charge in [0.05, 0.1) is 11.6 Å². The lowest BCUT2D eigenvalue weighted by Crippen LogP contribution is -2.30. The van der Waals surface area contributed by atoms with Crippen LogP contribution in [-0.4, -0.2) is 17.9 Å². The van der Waals surface area contributed by atoms with Crippen molar-refractivity contribution in [3.63, 3.8) is 0 Å². The van der Waals surface area contributed by atoms with Crippen molar-refractivity contribution in [1.82, 2.24) is 4.90 Å². The standard InChI is InChI=1S/C17H17F2NO/c1-11-8-9-16(19)14(10-11)17(21)20(3)12(2)13-6-4-5-7-15(13)18/h4-10,12H,1-3H3. The van der Waals surface area contributed by atoms with Gasteiger partial charge in [-0.2, -0.15) is 0 Å². The number of aryl methyl sites for hydroxylation is 1. The Morgan fingerprint density at radius 1 is 1.10 bits per heavy atom. The first kappa shape index (κ1) is 15.2. The maximum absolute atomic E-state index is 13.8. The zero-order chi connectivity index (χ0) is 15.6. The van der Waals surface area contributed by atoms with Crippen LogP contribution in [0.2, 0.25) is 0 Å². The van der Waals surface area contributed by atoms with E-state index in [1.54, 1.807) is 45.2 Å². The average Bonchev–Trinajstić information content (AvgIpc) is 2.48. The normalized spacial score (nSPS) is 12.0. The van der Waals surface area contributed by atoms with E-state index < -0.39 is 17.8 Å². The minimum atomic E-state index is -0.571. The molecule has 0 heterocycles. The summed E-state index contributed by atoms with van der Waals surface area (Å²) in [4.78, 5) is 13.8. The van der Waals surface area contributed by atoms with Gasteiger partial charge in [-0.3, -0.25) is 4.79 Å². The third-order valence-electron chi connectivity index (χ3n) is 3.61. The molecule has 4 heteroatoms. The van der Waals surface area contributed by atoms with Gasteiger partial charge in [-0.25, -0.2) is 8.78 Å². The highest BCUT2D eigenvalue weighted by Gasteiger charge is 2.23. The highest BCUT2D eigenvalue weighted by Crippen LogP contribution is 2.24. The van der Waals surface area contributed by atoms with Crippen molar-refractivity contribution in [3.05, 3.63) is 70.8 Å². The van der Waals surface area contributed by atoms with Crippen LogP contribution in [0.1, 0.15) is 34.5 Å². The van der Waals surface area contributed by atoms with Gasteiger partial charge in [0.15, 0.2) is 0 Å². The topological polar surface area (TPSA) is 20.3 Å². The van der Waals surface area contributed by atoms with Crippen molar-refractivity contribution < 1.29 is 13.6 Å². The number of carbonyl (C=O) groups excluding carboxylic acids is 1. The average molecular weight is 289 g/mol. The summed E-state index contributed by atoms with van der Waals surface area (Å²) >= 11 is 0. The van der Waals surface area contributed by atoms with Crippen LogP contribution in [0.25, 0.3) is 0 Å². The highest BCUT2D eigenvalue weighted by molar-refractivity contribution is 5.94. The molecule has 2 rings (SSSR count). The zero-order valence-electron chi connectivity index (χ0n) is 12.2. The third kappa shape index (κ3) is 3.10. The summed E-state index contributed by atoms with van der Waals surface area (Å²) in [5.74, 6) is -1.42. The van der Waals surface area contributed by atoms with Crippen LogP contribution in [0.4, 0.5) is 8.78 Å². The van der Waals surface area contributed by atoms with Gasteiger partial charge in [0.1, 0.15) is 11.6 Å². The van der Waals surface area contributed by atoms with Crippen LogP contribution in [0.5, 0.6) is 0 Å². The molecular formula is C17H17F2NO. The van der Waals surface area contributed by atoms with Gasteiger partial charge in [0.25, 0.3) is 5.91 Å². The Morgan fingerprint density at radius 3 is 2.43 bits per heavy atom. The summed E-state index contributed by atoms with van der Waals surface area (Å²) in [6.07, 6.45) is 0. The van der Waals surface area contributed by atoms with Crippen LogP contribution in [0.3, 0.4) is 0 Å². The minimum Gasteiger partial charge on any atom is -0.335 e. The molecular weight excluding hydrogens is 272 g/mol. The second kappa shape index (κ2) is 6.04. The van der Waals surface area contributed by atoms with Crippen LogP contribution in [-0.2, 0) is 0 Å². The van der Waals surface area contributed by atoms with E-state index in [-0.39, 0.29) is 11.4 Å². The first-order chi connectivity index (χ1) is 9.91. The number of hydrogen-bond donors (Lipinski definition) is 0. The van der Waals surface area contributed by atoms with Crippen LogP contribution < -0.4 is 0 Å². The Balaban J connectivity index is 2.31. The molecule has 0 aromatic heterocycles. The Hall–Kier alpha value is -2.23. The fourth-order valence-electron chi connectivity index (χ4n) is 2.19. The molecule has 1 atom stereocenters. The van der Waals surface area contributed by atoms with Gasteiger partial charge in [0.2, 0.25) is 0 Å². The smallest absolute Gasteiger partial charge is 0.257 e. The maximum Gasteiger partial charge on any atom is 0.257 e. The van der Waals surface area contributed by atoms with Crippen LogP contribution in [0, 0.1) is 18.6 Å². The molecule has 21 heavy (non-hydrogen) atoms. The van der Waals surface area contributed by atoms with Crippen LogP contribution in [0.15, 0.2) is 42.5 Å². The molecule has 2 aromatic carbocycles. The molecule has 1 amide bonds. The molecule has 0 spiro atoms. The summed E-state index contributed by atoms with van der Waals surface area (Å²) in [5.41, 5.74) is 1.20. The summed E-state index contributed by atoms with van der Waals surface area (Å²) in [5, 5.41) is 0. The van der Waals surface area contributed by atoms with Crippen molar-refractivity contribution >= 4 is 5.91 Å². The van der Waals surface area contributed by atoms with Crippen molar-refractivity contribution in [2.45, 2.75) is 19.9 Å². The molecule has 2 aromatic rings. The van der Waals surface area contributed by atoms with E-state index in [9.17, 15) is 13.6 Å². The van der Waals surface area contributed by atoms with E-state index in [4.69, 9.17) is 0 Å². The monoisotopic (exact) mass is 289 g/mol. The number of nitrogens with zero attached hydrogens (tertiary/aromatic N) is 1. The molecule has 0 N–H and O–H groups in total. The van der Waals surface area contributed by atoms with Crippen molar-refractivity contribution in [2.75, 3.05) is 7.05 Å². The van der Waals surface area contributed by atoms with Crippen molar-refractivity contribution in [3.8, 4) is 0 Å². The lowest BCUT2D eigenvalue weighted by molar-refractivity contribution is 0.0735. The Morgan fingerprint density at radius 2 is 1.76 bits per heavy atom. The van der Waals surface area contributed by atoms with E-state index in [0.717, 1.165) is 5.56 Å². The lowest BCUT2D eigenvalue weighted by Gasteiger charge is -2.26. The van der Waals surface area contributed by atoms with E-state index >= 15 is 0 Å². The third-order valence-corrected chi connectivity index (χ3v) is 3.61. The first-order valence-corrected chi connectivity index (χ1v) is 6.69. The number of carbonyl (C=O) groups is 1. The van der Waals surface area contributed by atoms with E-state index in [1.165, 1.54) is 23.1 Å². The molecule has 0 aliphatic carbocycles. The molecule has 0 aliphatic rings. The maximum atomic E-state index is 13.8. The zero-order valence-corrected chi connectivity index (χ0v) is 12.2. The van der Waals surface area contributed by atoms with Gasteiger partial charge >= 0.3 is 0 Å². The molecule has 110 valence electrons. The van der Waals surface area contributed by atoms with E-state index in [2.05, 4.69) is 0 Å². The molecule has 0 fully saturated rings. The molecule has 1 unspecified atom stereocenters. The summed E-state index contributed by atoms with van der Waals surface area (Å²) in [6.45, 7) is 3.50. The van der Waals surface area contributed by atoms with E-state index in [1.807, 2.05) is 0 Å². The van der Waals surface area contributed by atoms with Crippen LogP contribution >= 0.6 is 0 Å². The number of amides is 1. The Labute approximate surface area is 123 Å². The van der Waals surface area contributed by atoms with Gasteiger partial charge in [-0.1, -0.05) is 29.8 Å². The number of hydrogen-bond acceptors (Lipinski definition) is 1.